The number of nitrogens with one attached hydrogen (secondary N) is 2. The highest BCUT2D eigenvalue weighted by molar-refractivity contribution is 6.00. The number of Topliss-reactive ketones (excluding diaryl/α,β-unsaturated/α-hetero) is 1. The lowest BCUT2D eigenvalue weighted by molar-refractivity contribution is -0.114. The van der Waals surface area contributed by atoms with Gasteiger partial charge in [-0.3, -0.25) is 9.59 Å². The van der Waals surface area contributed by atoms with Crippen LogP contribution in [0, 0.1) is 0 Å². The van der Waals surface area contributed by atoms with Crippen LogP contribution in [0.15, 0.2) is 48.5 Å². The zero-order valence-corrected chi connectivity index (χ0v) is 14.4. The Morgan fingerprint density at radius 1 is 1.00 bits per heavy atom. The van der Waals surface area contributed by atoms with Crippen LogP contribution in [0.5, 0.6) is 0 Å². The molecule has 0 bridgehead atoms. The SMILES string of the molecule is CC(=O)c1ccccc1NCC(=O)Nc1ccc(N2CCCC2)cc1. The van der Waals surface area contributed by atoms with Crippen LogP contribution in [0.2, 0.25) is 0 Å². The molecular weight excluding hydrogens is 314 g/mol. The molecule has 0 saturated carbocycles. The molecule has 1 aliphatic heterocycles. The molecule has 1 fully saturated rings. The molecule has 1 heterocycles. The maximum atomic E-state index is 12.1. The van der Waals surface area contributed by atoms with E-state index in [0.717, 1.165) is 18.8 Å². The van der Waals surface area contributed by atoms with Gasteiger partial charge in [0.2, 0.25) is 5.91 Å². The Balaban J connectivity index is 1.55. The van der Waals surface area contributed by atoms with Gasteiger partial charge in [0.1, 0.15) is 0 Å². The summed E-state index contributed by atoms with van der Waals surface area (Å²) in [4.78, 5) is 26.1. The molecule has 0 radical (unpaired) electrons. The lowest BCUT2D eigenvalue weighted by atomic mass is 10.1. The number of amides is 1. The predicted molar refractivity (Wildman–Crippen MR) is 101 cm³/mol. The van der Waals surface area contributed by atoms with Gasteiger partial charge in [0.15, 0.2) is 5.78 Å². The third kappa shape index (κ3) is 4.38. The van der Waals surface area contributed by atoms with Crippen LogP contribution >= 0.6 is 0 Å². The number of nitrogens with zero attached hydrogens (tertiary/aromatic N) is 1. The summed E-state index contributed by atoms with van der Waals surface area (Å²) in [6, 6.07) is 15.1. The molecule has 1 amide bonds. The van der Waals surface area contributed by atoms with Crippen LogP contribution in [0.25, 0.3) is 0 Å². The summed E-state index contributed by atoms with van der Waals surface area (Å²) in [5, 5.41) is 5.90. The standard InChI is InChI=1S/C20H23N3O2/c1-15(24)18-6-2-3-7-19(18)21-14-20(25)22-16-8-10-17(11-9-16)23-12-4-5-13-23/h2-3,6-11,21H,4-5,12-14H2,1H3,(H,22,25). The number of carbonyl (C=O) groups excluding carboxylic acids is 2. The molecule has 3 rings (SSSR count). The Morgan fingerprint density at radius 3 is 2.36 bits per heavy atom. The van der Waals surface area contributed by atoms with E-state index in [2.05, 4.69) is 15.5 Å². The number of ketones is 1. The first kappa shape index (κ1) is 17.0. The predicted octanol–water partition coefficient (Wildman–Crippen LogP) is 3.54. The van der Waals surface area contributed by atoms with Crippen LogP contribution in [0.4, 0.5) is 17.1 Å². The van der Waals surface area contributed by atoms with Crippen LogP contribution in [0.3, 0.4) is 0 Å². The summed E-state index contributed by atoms with van der Waals surface area (Å²) in [7, 11) is 0. The number of para-hydroxylation sites is 1. The normalized spacial score (nSPS) is 13.6. The highest BCUT2D eigenvalue weighted by Crippen LogP contribution is 2.22. The smallest absolute Gasteiger partial charge is 0.243 e. The first-order chi connectivity index (χ1) is 12.1. The number of rotatable bonds is 6. The van der Waals surface area contributed by atoms with Crippen LogP contribution in [0.1, 0.15) is 30.1 Å². The number of hydrogen-bond donors (Lipinski definition) is 2. The zero-order chi connectivity index (χ0) is 17.6. The number of hydrogen-bond acceptors (Lipinski definition) is 4. The lowest BCUT2D eigenvalue weighted by Crippen LogP contribution is -2.22. The Hall–Kier alpha value is -2.82. The maximum absolute atomic E-state index is 12.1. The molecule has 0 unspecified atom stereocenters. The van der Waals surface area contributed by atoms with Crippen LogP contribution in [-0.4, -0.2) is 31.3 Å². The molecule has 5 nitrogen and oxygen atoms in total. The van der Waals surface area contributed by atoms with E-state index in [1.54, 1.807) is 12.1 Å². The molecule has 0 aromatic heterocycles. The quantitative estimate of drug-likeness (QED) is 0.792. The van der Waals surface area contributed by atoms with E-state index in [0.29, 0.717) is 11.3 Å². The van der Waals surface area contributed by atoms with Gasteiger partial charge < -0.3 is 15.5 Å². The lowest BCUT2D eigenvalue weighted by Gasteiger charge is -2.18. The maximum Gasteiger partial charge on any atom is 0.243 e. The first-order valence-corrected chi connectivity index (χ1v) is 8.62. The second-order valence-electron chi connectivity index (χ2n) is 6.24. The largest absolute Gasteiger partial charge is 0.376 e. The van der Waals surface area contributed by atoms with E-state index < -0.39 is 0 Å². The fourth-order valence-corrected chi connectivity index (χ4v) is 3.06. The fourth-order valence-electron chi connectivity index (χ4n) is 3.06. The number of anilines is 3. The highest BCUT2D eigenvalue weighted by atomic mass is 16.2. The van der Waals surface area contributed by atoms with Crippen molar-refractivity contribution in [1.29, 1.82) is 0 Å². The Labute approximate surface area is 148 Å². The van der Waals surface area contributed by atoms with Gasteiger partial charge >= 0.3 is 0 Å². The third-order valence-corrected chi connectivity index (χ3v) is 4.37. The summed E-state index contributed by atoms with van der Waals surface area (Å²) < 4.78 is 0. The molecule has 5 heteroatoms. The van der Waals surface area contributed by atoms with Gasteiger partial charge in [-0.25, -0.2) is 0 Å². The van der Waals surface area contributed by atoms with Crippen LogP contribution in [-0.2, 0) is 4.79 Å². The Bertz CT molecular complexity index is 750. The highest BCUT2D eigenvalue weighted by Gasteiger charge is 2.12. The minimum absolute atomic E-state index is 0.0268. The Kier molecular flexibility index (Phi) is 5.33. The van der Waals surface area contributed by atoms with Crippen molar-refractivity contribution in [2.24, 2.45) is 0 Å². The zero-order valence-electron chi connectivity index (χ0n) is 14.4. The van der Waals surface area contributed by atoms with Gasteiger partial charge in [-0.05, 0) is 56.2 Å². The van der Waals surface area contributed by atoms with Crippen molar-refractivity contribution in [2.75, 3.05) is 35.2 Å². The van der Waals surface area contributed by atoms with E-state index in [1.807, 2.05) is 36.4 Å². The molecule has 2 aromatic carbocycles. The van der Waals surface area contributed by atoms with Crippen molar-refractivity contribution >= 4 is 28.8 Å². The average Bonchev–Trinajstić information content (AvgIpc) is 3.15. The summed E-state index contributed by atoms with van der Waals surface area (Å²) in [6.07, 6.45) is 2.48. The van der Waals surface area contributed by atoms with Crippen molar-refractivity contribution in [3.63, 3.8) is 0 Å². The molecule has 0 aliphatic carbocycles. The molecule has 0 spiro atoms. The monoisotopic (exact) mass is 337 g/mol. The average molecular weight is 337 g/mol. The van der Waals surface area contributed by atoms with Gasteiger partial charge in [0.05, 0.1) is 6.54 Å². The molecule has 2 N–H and O–H groups in total. The minimum atomic E-state index is -0.146. The van der Waals surface area contributed by atoms with Gasteiger partial charge in [0, 0.05) is 35.7 Å². The molecule has 130 valence electrons. The van der Waals surface area contributed by atoms with E-state index in [9.17, 15) is 9.59 Å². The van der Waals surface area contributed by atoms with Crippen molar-refractivity contribution < 1.29 is 9.59 Å². The molecule has 2 aromatic rings. The van der Waals surface area contributed by atoms with E-state index >= 15 is 0 Å². The first-order valence-electron chi connectivity index (χ1n) is 8.62. The van der Waals surface area contributed by atoms with Gasteiger partial charge in [-0.1, -0.05) is 12.1 Å². The van der Waals surface area contributed by atoms with Gasteiger partial charge in [-0.15, -0.1) is 0 Å². The third-order valence-electron chi connectivity index (χ3n) is 4.37. The second kappa shape index (κ2) is 7.83. The summed E-state index contributed by atoms with van der Waals surface area (Å²) in [5.74, 6) is -0.173. The topological polar surface area (TPSA) is 61.4 Å². The van der Waals surface area contributed by atoms with Crippen molar-refractivity contribution in [3.05, 3.63) is 54.1 Å². The van der Waals surface area contributed by atoms with Gasteiger partial charge in [0.25, 0.3) is 0 Å². The van der Waals surface area contributed by atoms with Crippen molar-refractivity contribution in [1.82, 2.24) is 0 Å². The van der Waals surface area contributed by atoms with Crippen LogP contribution < -0.4 is 15.5 Å². The van der Waals surface area contributed by atoms with E-state index in [-0.39, 0.29) is 18.2 Å². The Morgan fingerprint density at radius 2 is 1.68 bits per heavy atom. The summed E-state index contributed by atoms with van der Waals surface area (Å²) >= 11 is 0. The summed E-state index contributed by atoms with van der Waals surface area (Å²) in [5.41, 5.74) is 3.23. The van der Waals surface area contributed by atoms with E-state index in [1.165, 1.54) is 25.5 Å². The van der Waals surface area contributed by atoms with Crippen molar-refractivity contribution in [3.8, 4) is 0 Å². The summed E-state index contributed by atoms with van der Waals surface area (Å²) in [6.45, 7) is 3.83. The minimum Gasteiger partial charge on any atom is -0.376 e. The number of benzene rings is 2. The molecule has 25 heavy (non-hydrogen) atoms. The number of carbonyl (C=O) groups is 2. The van der Waals surface area contributed by atoms with Gasteiger partial charge in [-0.2, -0.15) is 0 Å². The molecule has 0 atom stereocenters. The van der Waals surface area contributed by atoms with Crippen molar-refractivity contribution in [2.45, 2.75) is 19.8 Å². The fraction of sp³-hybridized carbons (Fsp3) is 0.300. The molecule has 1 saturated heterocycles. The second-order valence-corrected chi connectivity index (χ2v) is 6.24. The van der Waals surface area contributed by atoms with E-state index in [4.69, 9.17) is 0 Å². The molecular formula is C20H23N3O2. The molecule has 1 aliphatic rings.